The highest BCUT2D eigenvalue weighted by atomic mass is 79.9. The van der Waals surface area contributed by atoms with Crippen molar-refractivity contribution >= 4 is 27.3 Å². The molecule has 108 valence electrons. The molecule has 1 aromatic rings. The summed E-state index contributed by atoms with van der Waals surface area (Å²) in [5.74, 6) is 0. The zero-order valence-corrected chi connectivity index (χ0v) is 15.0. The third kappa shape index (κ3) is 4.03. The van der Waals surface area contributed by atoms with Gasteiger partial charge >= 0.3 is 0 Å². The molecule has 1 aromatic heterocycles. The maximum Gasteiger partial charge on any atom is 0.0332 e. The van der Waals surface area contributed by atoms with Crippen molar-refractivity contribution in [1.82, 2.24) is 10.2 Å². The lowest BCUT2D eigenvalue weighted by Crippen LogP contribution is -2.64. The Labute approximate surface area is 129 Å². The molecule has 0 aliphatic carbocycles. The molecule has 19 heavy (non-hydrogen) atoms. The molecule has 4 heteroatoms. The molecule has 0 saturated carbocycles. The Hall–Kier alpha value is 0.1000. The van der Waals surface area contributed by atoms with Crippen molar-refractivity contribution < 1.29 is 0 Å². The molecule has 2 rings (SSSR count). The average Bonchev–Trinajstić information content (AvgIpc) is 2.60. The molecule has 0 radical (unpaired) electrons. The van der Waals surface area contributed by atoms with Crippen molar-refractivity contribution in [2.24, 2.45) is 5.41 Å². The summed E-state index contributed by atoms with van der Waals surface area (Å²) < 4.78 is 1.20. The first kappa shape index (κ1) is 15.5. The number of hydrogen-bond donors (Lipinski definition) is 1. The first-order valence-corrected chi connectivity index (χ1v) is 8.57. The van der Waals surface area contributed by atoms with Crippen LogP contribution in [-0.2, 0) is 6.54 Å². The summed E-state index contributed by atoms with van der Waals surface area (Å²) in [7, 11) is 0. The van der Waals surface area contributed by atoms with Gasteiger partial charge in [0.05, 0.1) is 0 Å². The van der Waals surface area contributed by atoms with Crippen LogP contribution in [0, 0.1) is 5.41 Å². The summed E-state index contributed by atoms with van der Waals surface area (Å²) in [6, 6.07) is 2.83. The molecule has 0 spiro atoms. The van der Waals surface area contributed by atoms with E-state index >= 15 is 0 Å². The second-order valence-corrected chi connectivity index (χ2v) is 9.19. The Morgan fingerprint density at radius 1 is 1.47 bits per heavy atom. The van der Waals surface area contributed by atoms with Gasteiger partial charge in [-0.05, 0) is 41.3 Å². The van der Waals surface area contributed by atoms with E-state index in [1.807, 2.05) is 11.3 Å². The number of thiophene rings is 1. The molecule has 2 heterocycles. The summed E-state index contributed by atoms with van der Waals surface area (Å²) in [5.41, 5.74) is 0.508. The largest absolute Gasteiger partial charge is 0.309 e. The van der Waals surface area contributed by atoms with Gasteiger partial charge in [0.1, 0.15) is 0 Å². The lowest BCUT2D eigenvalue weighted by atomic mass is 9.82. The van der Waals surface area contributed by atoms with Gasteiger partial charge in [-0.25, -0.2) is 0 Å². The van der Waals surface area contributed by atoms with Crippen LogP contribution < -0.4 is 5.32 Å². The smallest absolute Gasteiger partial charge is 0.0332 e. The van der Waals surface area contributed by atoms with E-state index in [1.165, 1.54) is 9.35 Å². The molecule has 1 fully saturated rings. The van der Waals surface area contributed by atoms with Crippen LogP contribution in [0.4, 0.5) is 0 Å². The summed E-state index contributed by atoms with van der Waals surface area (Å²) in [4.78, 5) is 4.09. The minimum Gasteiger partial charge on any atom is -0.309 e. The normalized spacial score (nSPS) is 24.6. The molecule has 0 amide bonds. The zero-order chi connectivity index (χ0) is 14.3. The molecule has 0 aromatic carbocycles. The lowest BCUT2D eigenvalue weighted by Gasteiger charge is -2.49. The Kier molecular flexibility index (Phi) is 4.46. The third-order valence-electron chi connectivity index (χ3n) is 3.79. The number of halogens is 1. The van der Waals surface area contributed by atoms with Crippen molar-refractivity contribution in [1.29, 1.82) is 0 Å². The molecule has 0 bridgehead atoms. The van der Waals surface area contributed by atoms with E-state index in [1.54, 1.807) is 0 Å². The van der Waals surface area contributed by atoms with Gasteiger partial charge in [0.2, 0.25) is 0 Å². The fourth-order valence-electron chi connectivity index (χ4n) is 2.83. The number of nitrogens with one attached hydrogen (secondary N) is 1. The highest BCUT2D eigenvalue weighted by Gasteiger charge is 2.38. The summed E-state index contributed by atoms with van der Waals surface area (Å²) in [5, 5.41) is 5.86. The van der Waals surface area contributed by atoms with E-state index in [9.17, 15) is 0 Å². The number of nitrogens with zero attached hydrogens (tertiary/aromatic N) is 1. The van der Waals surface area contributed by atoms with Gasteiger partial charge in [0.15, 0.2) is 0 Å². The molecule has 1 aliphatic heterocycles. The van der Waals surface area contributed by atoms with Crippen LogP contribution in [0.3, 0.4) is 0 Å². The maximum absolute atomic E-state index is 3.69. The van der Waals surface area contributed by atoms with Crippen molar-refractivity contribution in [3.8, 4) is 0 Å². The van der Waals surface area contributed by atoms with Crippen LogP contribution in [0.25, 0.3) is 0 Å². The Balaban J connectivity index is 2.16. The Morgan fingerprint density at radius 2 is 2.16 bits per heavy atom. The highest BCUT2D eigenvalue weighted by Crippen LogP contribution is 2.31. The van der Waals surface area contributed by atoms with Gasteiger partial charge in [-0.2, -0.15) is 0 Å². The molecular formula is C15H25BrN2S. The summed E-state index contributed by atoms with van der Waals surface area (Å²) >= 11 is 5.40. The SMILES string of the molecule is CC1(C)CN(Cc2cc(Br)cs2)C(C(C)(C)C)CN1. The second-order valence-electron chi connectivity index (χ2n) is 7.28. The molecule has 1 unspecified atom stereocenters. The van der Waals surface area contributed by atoms with Crippen molar-refractivity contribution in [3.05, 3.63) is 20.8 Å². The first-order chi connectivity index (χ1) is 8.67. The summed E-state index contributed by atoms with van der Waals surface area (Å²) in [6.07, 6.45) is 0. The zero-order valence-electron chi connectivity index (χ0n) is 12.6. The highest BCUT2D eigenvalue weighted by molar-refractivity contribution is 9.10. The molecule has 1 aliphatic rings. The molecule has 1 saturated heterocycles. The van der Waals surface area contributed by atoms with Crippen molar-refractivity contribution in [3.63, 3.8) is 0 Å². The number of rotatable bonds is 2. The average molecular weight is 345 g/mol. The minimum absolute atomic E-state index is 0.205. The van der Waals surface area contributed by atoms with E-state index in [2.05, 4.69) is 72.2 Å². The predicted octanol–water partition coefficient (Wildman–Crippen LogP) is 4.11. The van der Waals surface area contributed by atoms with Gasteiger partial charge in [0.25, 0.3) is 0 Å². The fraction of sp³-hybridized carbons (Fsp3) is 0.733. The van der Waals surface area contributed by atoms with Crippen LogP contribution >= 0.6 is 27.3 Å². The van der Waals surface area contributed by atoms with E-state index in [0.717, 1.165) is 19.6 Å². The van der Waals surface area contributed by atoms with E-state index in [0.29, 0.717) is 11.5 Å². The van der Waals surface area contributed by atoms with Crippen molar-refractivity contribution in [2.75, 3.05) is 13.1 Å². The van der Waals surface area contributed by atoms with E-state index in [-0.39, 0.29) is 5.54 Å². The topological polar surface area (TPSA) is 15.3 Å². The number of piperazine rings is 1. The molecule has 1 atom stereocenters. The van der Waals surface area contributed by atoms with Crippen LogP contribution in [-0.4, -0.2) is 29.6 Å². The maximum atomic E-state index is 3.69. The van der Waals surface area contributed by atoms with Crippen molar-refractivity contribution in [2.45, 2.75) is 52.7 Å². The third-order valence-corrected chi connectivity index (χ3v) is 5.48. The standard InChI is InChI=1S/C15H25BrN2S/c1-14(2,3)13-7-17-15(4,5)10-18(13)8-12-6-11(16)9-19-12/h6,9,13,17H,7-8,10H2,1-5H3. The lowest BCUT2D eigenvalue weighted by molar-refractivity contribution is 0.0279. The van der Waals surface area contributed by atoms with Crippen LogP contribution in [0.15, 0.2) is 15.9 Å². The van der Waals surface area contributed by atoms with E-state index < -0.39 is 0 Å². The van der Waals surface area contributed by atoms with Gasteiger partial charge < -0.3 is 5.32 Å². The fourth-order valence-corrected chi connectivity index (χ4v) is 4.31. The first-order valence-electron chi connectivity index (χ1n) is 6.89. The molecular weight excluding hydrogens is 320 g/mol. The summed E-state index contributed by atoms with van der Waals surface area (Å²) in [6.45, 7) is 14.8. The second kappa shape index (κ2) is 5.47. The Morgan fingerprint density at radius 3 is 2.68 bits per heavy atom. The molecule has 2 nitrogen and oxygen atoms in total. The monoisotopic (exact) mass is 344 g/mol. The number of hydrogen-bond acceptors (Lipinski definition) is 3. The van der Waals surface area contributed by atoms with Crippen LogP contribution in [0.1, 0.15) is 39.5 Å². The van der Waals surface area contributed by atoms with Gasteiger partial charge in [-0.1, -0.05) is 20.8 Å². The van der Waals surface area contributed by atoms with Gasteiger partial charge in [-0.15, -0.1) is 11.3 Å². The van der Waals surface area contributed by atoms with Crippen LogP contribution in [0.5, 0.6) is 0 Å². The quantitative estimate of drug-likeness (QED) is 0.868. The predicted molar refractivity (Wildman–Crippen MR) is 87.8 cm³/mol. The minimum atomic E-state index is 0.205. The molecule has 1 N–H and O–H groups in total. The van der Waals surface area contributed by atoms with E-state index in [4.69, 9.17) is 0 Å². The van der Waals surface area contributed by atoms with Gasteiger partial charge in [-0.3, -0.25) is 4.90 Å². The van der Waals surface area contributed by atoms with Gasteiger partial charge in [0, 0.05) is 45.9 Å². The Bertz CT molecular complexity index is 434. The van der Waals surface area contributed by atoms with Crippen LogP contribution in [0.2, 0.25) is 0 Å².